The molecule has 1 unspecified atom stereocenters. The van der Waals surface area contributed by atoms with E-state index in [2.05, 4.69) is 64.6 Å². The first-order valence-electron chi connectivity index (χ1n) is 10.3. The Balaban J connectivity index is 0.00000240. The quantitative estimate of drug-likeness (QED) is 0.367. The number of benzene rings is 2. The highest BCUT2D eigenvalue weighted by molar-refractivity contribution is 14.0. The van der Waals surface area contributed by atoms with Gasteiger partial charge >= 0.3 is 0 Å². The molecule has 1 atom stereocenters. The number of aliphatic imine (C=N–C) groups is 1. The minimum Gasteiger partial charge on any atom is -0.376 e. The van der Waals surface area contributed by atoms with Crippen LogP contribution in [-0.4, -0.2) is 36.7 Å². The summed E-state index contributed by atoms with van der Waals surface area (Å²) in [5.74, 6) is 0.463. The van der Waals surface area contributed by atoms with Crippen molar-refractivity contribution in [3.8, 4) is 0 Å². The van der Waals surface area contributed by atoms with Crippen molar-refractivity contribution >= 4 is 35.6 Å². The van der Waals surface area contributed by atoms with E-state index in [0.717, 1.165) is 38.3 Å². The number of halogens is 1. The van der Waals surface area contributed by atoms with E-state index in [1.807, 2.05) is 0 Å². The second kappa shape index (κ2) is 10.4. The van der Waals surface area contributed by atoms with E-state index in [0.29, 0.717) is 18.6 Å². The monoisotopic (exact) mass is 506 g/mol. The van der Waals surface area contributed by atoms with Crippen molar-refractivity contribution in [1.82, 2.24) is 4.90 Å². The minimum atomic E-state index is 0. The largest absolute Gasteiger partial charge is 0.376 e. The maximum absolute atomic E-state index is 6.12. The van der Waals surface area contributed by atoms with Crippen LogP contribution in [0.15, 0.2) is 47.5 Å². The lowest BCUT2D eigenvalue weighted by molar-refractivity contribution is -0.0212. The molecule has 29 heavy (non-hydrogen) atoms. The summed E-state index contributed by atoms with van der Waals surface area (Å²) in [5.41, 5.74) is 12.5. The molecule has 5 nitrogen and oxygen atoms in total. The van der Waals surface area contributed by atoms with Crippen molar-refractivity contribution in [2.24, 2.45) is 10.7 Å². The van der Waals surface area contributed by atoms with E-state index in [4.69, 9.17) is 10.5 Å². The number of ether oxygens (including phenoxy) is 1. The molecule has 156 valence electrons. The van der Waals surface area contributed by atoms with Crippen LogP contribution >= 0.6 is 24.0 Å². The highest BCUT2D eigenvalue weighted by atomic mass is 127. The van der Waals surface area contributed by atoms with E-state index in [1.165, 1.54) is 35.1 Å². The van der Waals surface area contributed by atoms with Crippen LogP contribution in [0.4, 0.5) is 5.69 Å². The summed E-state index contributed by atoms with van der Waals surface area (Å²) in [7, 11) is 0. The molecule has 1 heterocycles. The minimum absolute atomic E-state index is 0. The molecule has 0 radical (unpaired) electrons. The zero-order valence-electron chi connectivity index (χ0n) is 17.1. The van der Waals surface area contributed by atoms with E-state index < -0.39 is 0 Å². The molecule has 0 spiro atoms. The predicted octanol–water partition coefficient (Wildman–Crippen LogP) is 3.94. The number of guanidine groups is 1. The van der Waals surface area contributed by atoms with Crippen LogP contribution in [0.5, 0.6) is 0 Å². The number of fused-ring (bicyclic) bond motifs is 1. The summed E-state index contributed by atoms with van der Waals surface area (Å²) in [6.07, 6.45) is 3.92. The maximum atomic E-state index is 6.12. The van der Waals surface area contributed by atoms with Gasteiger partial charge in [-0.2, -0.15) is 0 Å². The van der Waals surface area contributed by atoms with E-state index in [-0.39, 0.29) is 24.0 Å². The van der Waals surface area contributed by atoms with Crippen LogP contribution in [0.1, 0.15) is 35.6 Å². The topological polar surface area (TPSA) is 62.9 Å². The fourth-order valence-electron chi connectivity index (χ4n) is 4.13. The van der Waals surface area contributed by atoms with Gasteiger partial charge in [-0.3, -0.25) is 4.90 Å². The number of nitrogens with zero attached hydrogens (tertiary/aromatic N) is 2. The van der Waals surface area contributed by atoms with Gasteiger partial charge in [0.05, 0.1) is 19.3 Å². The Labute approximate surface area is 190 Å². The Kier molecular flexibility index (Phi) is 7.91. The Hall–Kier alpha value is -1.64. The van der Waals surface area contributed by atoms with Gasteiger partial charge in [0.15, 0.2) is 5.96 Å². The number of aryl methyl sites for hydroxylation is 2. The van der Waals surface area contributed by atoms with Crippen molar-refractivity contribution in [2.75, 3.05) is 25.0 Å². The molecule has 0 amide bonds. The molecule has 2 aromatic rings. The normalized spacial score (nSPS) is 19.5. The van der Waals surface area contributed by atoms with Crippen molar-refractivity contribution < 1.29 is 4.74 Å². The van der Waals surface area contributed by atoms with Gasteiger partial charge < -0.3 is 15.8 Å². The first kappa shape index (κ1) is 22.1. The molecule has 3 N–H and O–H groups in total. The Morgan fingerprint density at radius 2 is 2.00 bits per heavy atom. The van der Waals surface area contributed by atoms with E-state index in [1.54, 1.807) is 0 Å². The van der Waals surface area contributed by atoms with Crippen LogP contribution in [0.3, 0.4) is 0 Å². The molecular formula is C23H31IN4O. The Morgan fingerprint density at radius 3 is 2.86 bits per heavy atom. The molecule has 4 rings (SSSR count). The van der Waals surface area contributed by atoms with Crippen LogP contribution in [0.25, 0.3) is 0 Å². The smallest absolute Gasteiger partial charge is 0.193 e. The third-order valence-corrected chi connectivity index (χ3v) is 5.53. The third-order valence-electron chi connectivity index (χ3n) is 5.53. The number of anilines is 1. The van der Waals surface area contributed by atoms with Crippen molar-refractivity contribution in [3.05, 3.63) is 64.7 Å². The number of nitrogens with two attached hydrogens (primary N) is 1. The molecule has 1 aliphatic heterocycles. The summed E-state index contributed by atoms with van der Waals surface area (Å²) in [6, 6.07) is 15.1. The lowest BCUT2D eigenvalue weighted by atomic mass is 10.1. The van der Waals surface area contributed by atoms with Crippen LogP contribution < -0.4 is 11.1 Å². The highest BCUT2D eigenvalue weighted by Crippen LogP contribution is 2.24. The predicted molar refractivity (Wildman–Crippen MR) is 130 cm³/mol. The lowest BCUT2D eigenvalue weighted by Crippen LogP contribution is -2.40. The van der Waals surface area contributed by atoms with Crippen molar-refractivity contribution in [3.63, 3.8) is 0 Å². The number of nitrogens with one attached hydrogen (secondary N) is 1. The van der Waals surface area contributed by atoms with Gasteiger partial charge in [0.2, 0.25) is 0 Å². The fourth-order valence-corrected chi connectivity index (χ4v) is 4.13. The van der Waals surface area contributed by atoms with Crippen molar-refractivity contribution in [2.45, 2.75) is 45.4 Å². The summed E-state index contributed by atoms with van der Waals surface area (Å²) in [5, 5.41) is 3.23. The third kappa shape index (κ3) is 6.17. The first-order chi connectivity index (χ1) is 13.7. The van der Waals surface area contributed by atoms with Crippen molar-refractivity contribution in [1.29, 1.82) is 0 Å². The molecule has 1 aliphatic carbocycles. The van der Waals surface area contributed by atoms with Gasteiger partial charge in [0.25, 0.3) is 0 Å². The molecule has 0 aromatic heterocycles. The van der Waals surface area contributed by atoms with Gasteiger partial charge in [0.1, 0.15) is 0 Å². The molecular weight excluding hydrogens is 475 g/mol. The Bertz CT molecular complexity index is 855. The summed E-state index contributed by atoms with van der Waals surface area (Å²) >= 11 is 0. The first-order valence-corrected chi connectivity index (χ1v) is 10.3. The second-order valence-electron chi connectivity index (χ2n) is 7.90. The summed E-state index contributed by atoms with van der Waals surface area (Å²) in [4.78, 5) is 6.98. The SMILES string of the molecule is CC1CN(Cc2cccc(CN=C(N)Nc3ccc4c(c3)CCC4)c2)CCO1.I. The molecule has 0 saturated carbocycles. The van der Waals surface area contributed by atoms with Gasteiger partial charge in [-0.1, -0.05) is 30.3 Å². The number of hydrogen-bond donors (Lipinski definition) is 2. The van der Waals surface area contributed by atoms with Crippen LogP contribution in [0, 0.1) is 0 Å². The lowest BCUT2D eigenvalue weighted by Gasteiger charge is -2.31. The van der Waals surface area contributed by atoms with Gasteiger partial charge in [-0.25, -0.2) is 4.99 Å². The van der Waals surface area contributed by atoms with Crippen LogP contribution in [-0.2, 0) is 30.7 Å². The molecule has 0 bridgehead atoms. The zero-order valence-corrected chi connectivity index (χ0v) is 19.4. The average molecular weight is 506 g/mol. The molecule has 2 aromatic carbocycles. The van der Waals surface area contributed by atoms with E-state index in [9.17, 15) is 0 Å². The molecule has 1 saturated heterocycles. The molecule has 1 fully saturated rings. The highest BCUT2D eigenvalue weighted by Gasteiger charge is 2.16. The standard InChI is InChI=1S/C23H30N4O.HI/c1-17-15-27(10-11-28-17)16-19-5-2-4-18(12-19)14-25-23(24)26-22-9-8-20-6-3-7-21(20)13-22;/h2,4-5,8-9,12-13,17H,3,6-7,10-11,14-16H2,1H3,(H3,24,25,26);1H. The second-order valence-corrected chi connectivity index (χ2v) is 7.90. The average Bonchev–Trinajstić information content (AvgIpc) is 3.15. The maximum Gasteiger partial charge on any atom is 0.193 e. The van der Waals surface area contributed by atoms with Gasteiger partial charge in [-0.05, 0) is 60.6 Å². The van der Waals surface area contributed by atoms with Gasteiger partial charge in [-0.15, -0.1) is 24.0 Å². The molecule has 2 aliphatic rings. The summed E-state index contributed by atoms with van der Waals surface area (Å²) in [6.45, 7) is 6.46. The summed E-state index contributed by atoms with van der Waals surface area (Å²) < 4.78 is 5.63. The fraction of sp³-hybridized carbons (Fsp3) is 0.435. The number of rotatable bonds is 5. The zero-order chi connectivity index (χ0) is 19.3. The Morgan fingerprint density at radius 1 is 1.17 bits per heavy atom. The number of hydrogen-bond acceptors (Lipinski definition) is 3. The van der Waals surface area contributed by atoms with E-state index >= 15 is 0 Å². The molecule has 6 heteroatoms. The van der Waals surface area contributed by atoms with Crippen LogP contribution in [0.2, 0.25) is 0 Å². The number of morpholine rings is 1. The van der Waals surface area contributed by atoms with Gasteiger partial charge in [0, 0.05) is 25.3 Å².